The standard InChI is InChI=1S/C16H24N2O3.ClH/c1-12(16(19)18-8-4-6-14(17)10-18)21-11-13-5-3-7-15(9-13)20-2;/h3,5,7,9,12,14H,4,6,8,10-11,17H2,1-2H3;1H. The molecular weight excluding hydrogens is 304 g/mol. The second-order valence-corrected chi connectivity index (χ2v) is 5.49. The molecule has 1 amide bonds. The fourth-order valence-electron chi connectivity index (χ4n) is 2.52. The van der Waals surface area contributed by atoms with Crippen molar-refractivity contribution in [2.24, 2.45) is 5.73 Å². The third-order valence-corrected chi connectivity index (χ3v) is 3.75. The molecule has 0 saturated carbocycles. The smallest absolute Gasteiger partial charge is 0.251 e. The molecule has 1 aliphatic rings. The average molecular weight is 329 g/mol. The lowest BCUT2D eigenvalue weighted by molar-refractivity contribution is -0.144. The first kappa shape index (κ1) is 18.7. The van der Waals surface area contributed by atoms with Gasteiger partial charge in [-0.25, -0.2) is 0 Å². The maximum absolute atomic E-state index is 12.3. The summed E-state index contributed by atoms with van der Waals surface area (Å²) in [6, 6.07) is 7.75. The van der Waals surface area contributed by atoms with E-state index in [0.29, 0.717) is 13.2 Å². The molecule has 0 aliphatic carbocycles. The number of carbonyl (C=O) groups is 1. The Hall–Kier alpha value is -1.30. The van der Waals surface area contributed by atoms with E-state index in [9.17, 15) is 4.79 Å². The molecule has 124 valence electrons. The Kier molecular flexibility index (Phi) is 7.65. The van der Waals surface area contributed by atoms with Crippen molar-refractivity contribution in [2.45, 2.75) is 38.5 Å². The van der Waals surface area contributed by atoms with E-state index in [1.807, 2.05) is 29.2 Å². The van der Waals surface area contributed by atoms with Crippen LogP contribution in [-0.4, -0.2) is 43.2 Å². The summed E-state index contributed by atoms with van der Waals surface area (Å²) in [7, 11) is 1.63. The summed E-state index contributed by atoms with van der Waals surface area (Å²) in [4.78, 5) is 14.1. The number of amides is 1. The number of rotatable bonds is 5. The van der Waals surface area contributed by atoms with Crippen molar-refractivity contribution in [3.63, 3.8) is 0 Å². The fraction of sp³-hybridized carbons (Fsp3) is 0.562. The minimum atomic E-state index is -0.457. The highest BCUT2D eigenvalue weighted by molar-refractivity contribution is 5.85. The van der Waals surface area contributed by atoms with Gasteiger partial charge in [-0.05, 0) is 37.5 Å². The molecule has 2 rings (SSSR count). The van der Waals surface area contributed by atoms with Crippen LogP contribution >= 0.6 is 12.4 Å². The van der Waals surface area contributed by atoms with E-state index in [0.717, 1.165) is 30.7 Å². The van der Waals surface area contributed by atoms with E-state index < -0.39 is 6.10 Å². The number of hydrogen-bond donors (Lipinski definition) is 1. The third kappa shape index (κ3) is 5.16. The minimum Gasteiger partial charge on any atom is -0.497 e. The Balaban J connectivity index is 0.00000242. The fourth-order valence-corrected chi connectivity index (χ4v) is 2.52. The molecule has 2 N–H and O–H groups in total. The second-order valence-electron chi connectivity index (χ2n) is 5.49. The van der Waals surface area contributed by atoms with Crippen molar-refractivity contribution < 1.29 is 14.3 Å². The first-order valence-corrected chi connectivity index (χ1v) is 7.39. The molecular formula is C16H25ClN2O3. The van der Waals surface area contributed by atoms with E-state index in [4.69, 9.17) is 15.2 Å². The molecule has 2 atom stereocenters. The van der Waals surface area contributed by atoms with Crippen molar-refractivity contribution in [1.29, 1.82) is 0 Å². The molecule has 1 fully saturated rings. The second kappa shape index (κ2) is 8.98. The van der Waals surface area contributed by atoms with Crippen LogP contribution in [0.1, 0.15) is 25.3 Å². The summed E-state index contributed by atoms with van der Waals surface area (Å²) in [6.07, 6.45) is 1.50. The predicted octanol–water partition coefficient (Wildman–Crippen LogP) is 1.97. The topological polar surface area (TPSA) is 64.8 Å². The van der Waals surface area contributed by atoms with Crippen LogP contribution in [0.15, 0.2) is 24.3 Å². The number of methoxy groups -OCH3 is 1. The molecule has 0 bridgehead atoms. The molecule has 22 heavy (non-hydrogen) atoms. The summed E-state index contributed by atoms with van der Waals surface area (Å²) in [5.41, 5.74) is 6.90. The van der Waals surface area contributed by atoms with Gasteiger partial charge in [0.15, 0.2) is 0 Å². The normalized spacial score (nSPS) is 19.2. The zero-order valence-corrected chi connectivity index (χ0v) is 14.0. The van der Waals surface area contributed by atoms with E-state index in [1.165, 1.54) is 0 Å². The average Bonchev–Trinajstić information content (AvgIpc) is 2.52. The van der Waals surface area contributed by atoms with Gasteiger partial charge in [-0.2, -0.15) is 0 Å². The van der Waals surface area contributed by atoms with Crippen molar-refractivity contribution >= 4 is 18.3 Å². The van der Waals surface area contributed by atoms with Crippen molar-refractivity contribution in [2.75, 3.05) is 20.2 Å². The van der Waals surface area contributed by atoms with Crippen LogP contribution in [-0.2, 0) is 16.1 Å². The summed E-state index contributed by atoms with van der Waals surface area (Å²) < 4.78 is 10.9. The third-order valence-electron chi connectivity index (χ3n) is 3.75. The molecule has 1 heterocycles. The number of piperidine rings is 1. The number of hydrogen-bond acceptors (Lipinski definition) is 4. The van der Waals surface area contributed by atoms with Crippen LogP contribution in [0.2, 0.25) is 0 Å². The van der Waals surface area contributed by atoms with Crippen LogP contribution in [0.5, 0.6) is 5.75 Å². The predicted molar refractivity (Wildman–Crippen MR) is 88.3 cm³/mol. The number of nitrogens with two attached hydrogens (primary N) is 1. The largest absolute Gasteiger partial charge is 0.497 e. The lowest BCUT2D eigenvalue weighted by Crippen LogP contribution is -2.49. The molecule has 1 aromatic rings. The summed E-state index contributed by atoms with van der Waals surface area (Å²) >= 11 is 0. The maximum Gasteiger partial charge on any atom is 0.251 e. The molecule has 0 radical (unpaired) electrons. The van der Waals surface area contributed by atoms with Gasteiger partial charge in [0.1, 0.15) is 11.9 Å². The number of likely N-dealkylation sites (tertiary alicyclic amines) is 1. The monoisotopic (exact) mass is 328 g/mol. The van der Waals surface area contributed by atoms with Crippen molar-refractivity contribution in [3.05, 3.63) is 29.8 Å². The van der Waals surface area contributed by atoms with E-state index in [-0.39, 0.29) is 24.4 Å². The molecule has 1 saturated heterocycles. The maximum atomic E-state index is 12.3. The molecule has 1 aliphatic heterocycles. The summed E-state index contributed by atoms with van der Waals surface area (Å²) in [5.74, 6) is 0.810. The summed E-state index contributed by atoms with van der Waals surface area (Å²) in [5, 5.41) is 0. The zero-order valence-electron chi connectivity index (χ0n) is 13.2. The van der Waals surface area contributed by atoms with Crippen molar-refractivity contribution in [1.82, 2.24) is 4.90 Å². The van der Waals surface area contributed by atoms with Crippen LogP contribution < -0.4 is 10.5 Å². The van der Waals surface area contributed by atoms with Gasteiger partial charge in [0, 0.05) is 19.1 Å². The molecule has 6 heteroatoms. The van der Waals surface area contributed by atoms with E-state index in [2.05, 4.69) is 0 Å². The minimum absolute atomic E-state index is 0. The Bertz CT molecular complexity index is 484. The van der Waals surface area contributed by atoms with Crippen LogP contribution in [0.25, 0.3) is 0 Å². The Morgan fingerprint density at radius 2 is 2.27 bits per heavy atom. The SMILES string of the molecule is COc1cccc(COC(C)C(=O)N2CCCC(N)C2)c1.Cl. The van der Waals surface area contributed by atoms with Crippen LogP contribution in [0.3, 0.4) is 0 Å². The van der Waals surface area contributed by atoms with Gasteiger partial charge in [0.25, 0.3) is 5.91 Å². The highest BCUT2D eigenvalue weighted by Gasteiger charge is 2.25. The molecule has 0 spiro atoms. The number of ether oxygens (including phenoxy) is 2. The number of carbonyl (C=O) groups excluding carboxylic acids is 1. The van der Waals surface area contributed by atoms with Gasteiger partial charge >= 0.3 is 0 Å². The Labute approximate surface area is 138 Å². The van der Waals surface area contributed by atoms with E-state index in [1.54, 1.807) is 14.0 Å². The number of halogens is 1. The Morgan fingerprint density at radius 3 is 2.95 bits per heavy atom. The zero-order chi connectivity index (χ0) is 15.2. The van der Waals surface area contributed by atoms with Crippen LogP contribution in [0.4, 0.5) is 0 Å². The molecule has 2 unspecified atom stereocenters. The molecule has 5 nitrogen and oxygen atoms in total. The lowest BCUT2D eigenvalue weighted by Gasteiger charge is -2.32. The van der Waals surface area contributed by atoms with Gasteiger partial charge in [0.2, 0.25) is 0 Å². The molecule has 0 aromatic heterocycles. The van der Waals surface area contributed by atoms with Crippen LogP contribution in [0, 0.1) is 0 Å². The van der Waals surface area contributed by atoms with Gasteiger partial charge in [-0.15, -0.1) is 12.4 Å². The number of benzene rings is 1. The van der Waals surface area contributed by atoms with Gasteiger partial charge in [-0.3, -0.25) is 4.79 Å². The highest BCUT2D eigenvalue weighted by Crippen LogP contribution is 2.15. The van der Waals surface area contributed by atoms with E-state index >= 15 is 0 Å². The first-order chi connectivity index (χ1) is 10.1. The Morgan fingerprint density at radius 1 is 1.50 bits per heavy atom. The first-order valence-electron chi connectivity index (χ1n) is 7.39. The van der Waals surface area contributed by atoms with Crippen molar-refractivity contribution in [3.8, 4) is 5.75 Å². The van der Waals surface area contributed by atoms with Gasteiger partial charge in [0.05, 0.1) is 13.7 Å². The van der Waals surface area contributed by atoms with Gasteiger partial charge < -0.3 is 20.1 Å². The summed E-state index contributed by atoms with van der Waals surface area (Å²) in [6.45, 7) is 3.59. The highest BCUT2D eigenvalue weighted by atomic mass is 35.5. The quantitative estimate of drug-likeness (QED) is 0.897. The molecule has 1 aromatic carbocycles. The number of nitrogens with zero attached hydrogens (tertiary/aromatic N) is 1. The van der Waals surface area contributed by atoms with Gasteiger partial charge in [-0.1, -0.05) is 12.1 Å². The lowest BCUT2D eigenvalue weighted by atomic mass is 10.1.